The van der Waals surface area contributed by atoms with Crippen LogP contribution in [0.3, 0.4) is 0 Å². The summed E-state index contributed by atoms with van der Waals surface area (Å²) in [5.41, 5.74) is 4.05. The normalized spacial score (nSPS) is 10.5. The van der Waals surface area contributed by atoms with E-state index in [4.69, 9.17) is 9.47 Å². The van der Waals surface area contributed by atoms with Gasteiger partial charge in [-0.25, -0.2) is 0 Å². The van der Waals surface area contributed by atoms with E-state index in [1.165, 1.54) is 0 Å². The minimum absolute atomic E-state index is 0.0519. The fourth-order valence-corrected chi connectivity index (χ4v) is 3.57. The second-order valence-corrected chi connectivity index (χ2v) is 8.11. The summed E-state index contributed by atoms with van der Waals surface area (Å²) in [6, 6.07) is 21.5. The number of para-hydroxylation sites is 1. The zero-order valence-corrected chi connectivity index (χ0v) is 19.4. The van der Waals surface area contributed by atoms with Gasteiger partial charge in [-0.2, -0.15) is 0 Å². The minimum atomic E-state index is -0.193. The van der Waals surface area contributed by atoms with Crippen LogP contribution in [0.2, 0.25) is 0 Å². The molecule has 3 rings (SSSR count). The number of carbonyl (C=O) groups excluding carboxylic acids is 1. The number of methoxy groups -OCH3 is 1. The zero-order valence-electron chi connectivity index (χ0n) is 17.8. The van der Waals surface area contributed by atoms with Gasteiger partial charge in [0.05, 0.1) is 7.11 Å². The first-order valence-electron chi connectivity index (χ1n) is 10.2. The van der Waals surface area contributed by atoms with Crippen molar-refractivity contribution in [3.05, 3.63) is 87.9 Å². The highest BCUT2D eigenvalue weighted by atomic mass is 79.9. The minimum Gasteiger partial charge on any atom is -0.496 e. The molecule has 0 atom stereocenters. The predicted molar refractivity (Wildman–Crippen MR) is 128 cm³/mol. The van der Waals surface area contributed by atoms with Crippen LogP contribution in [0, 0.1) is 6.92 Å². The zero-order chi connectivity index (χ0) is 22.1. The summed E-state index contributed by atoms with van der Waals surface area (Å²) in [5.74, 6) is 1.39. The van der Waals surface area contributed by atoms with Crippen molar-refractivity contribution < 1.29 is 14.3 Å². The monoisotopic (exact) mass is 482 g/mol. The maximum Gasteiger partial charge on any atom is 0.262 e. The molecule has 0 saturated heterocycles. The lowest BCUT2D eigenvalue weighted by molar-refractivity contribution is -0.118. The van der Waals surface area contributed by atoms with Crippen LogP contribution in [0.25, 0.3) is 0 Å². The molecule has 5 nitrogen and oxygen atoms in total. The van der Waals surface area contributed by atoms with E-state index < -0.39 is 0 Å². The van der Waals surface area contributed by atoms with Gasteiger partial charge in [0.1, 0.15) is 11.5 Å². The smallest absolute Gasteiger partial charge is 0.262 e. The Labute approximate surface area is 191 Å². The van der Waals surface area contributed by atoms with Crippen LogP contribution < -0.4 is 20.1 Å². The first kappa shape index (κ1) is 22.8. The number of nitrogens with one attached hydrogen (secondary N) is 2. The molecule has 0 heterocycles. The topological polar surface area (TPSA) is 59.6 Å². The molecule has 3 aromatic rings. The SMILES string of the molecule is COc1ccccc1CCNCc1cc(Br)ccc1OCC(=O)Nc1ccc(C)cc1. The van der Waals surface area contributed by atoms with Gasteiger partial charge in [-0.1, -0.05) is 51.8 Å². The Morgan fingerprint density at radius 2 is 1.74 bits per heavy atom. The van der Waals surface area contributed by atoms with Crippen molar-refractivity contribution in [1.29, 1.82) is 0 Å². The Hall–Kier alpha value is -2.83. The maximum absolute atomic E-state index is 12.3. The fraction of sp³-hybridized carbons (Fsp3) is 0.240. The molecule has 0 bridgehead atoms. The number of benzene rings is 3. The molecule has 0 spiro atoms. The summed E-state index contributed by atoms with van der Waals surface area (Å²) >= 11 is 3.51. The van der Waals surface area contributed by atoms with Gasteiger partial charge in [0.15, 0.2) is 6.61 Å². The Balaban J connectivity index is 1.52. The van der Waals surface area contributed by atoms with Gasteiger partial charge < -0.3 is 20.1 Å². The first-order chi connectivity index (χ1) is 15.0. The lowest BCUT2D eigenvalue weighted by atomic mass is 10.1. The van der Waals surface area contributed by atoms with Gasteiger partial charge in [0.25, 0.3) is 5.91 Å². The molecular weight excluding hydrogens is 456 g/mol. The molecule has 6 heteroatoms. The van der Waals surface area contributed by atoms with Crippen LogP contribution in [0.5, 0.6) is 11.5 Å². The van der Waals surface area contributed by atoms with E-state index in [1.807, 2.05) is 67.6 Å². The molecule has 0 aliphatic carbocycles. The number of aryl methyl sites for hydroxylation is 1. The lowest BCUT2D eigenvalue weighted by Gasteiger charge is -2.14. The maximum atomic E-state index is 12.3. The Kier molecular flexibility index (Phi) is 8.50. The van der Waals surface area contributed by atoms with Crippen molar-refractivity contribution in [2.75, 3.05) is 25.6 Å². The van der Waals surface area contributed by atoms with Crippen molar-refractivity contribution >= 4 is 27.5 Å². The highest BCUT2D eigenvalue weighted by Crippen LogP contribution is 2.23. The average molecular weight is 483 g/mol. The van der Waals surface area contributed by atoms with Crippen molar-refractivity contribution in [2.45, 2.75) is 19.9 Å². The second-order valence-electron chi connectivity index (χ2n) is 7.19. The molecule has 2 N–H and O–H groups in total. The molecule has 162 valence electrons. The van der Waals surface area contributed by atoms with Gasteiger partial charge in [0.2, 0.25) is 0 Å². The first-order valence-corrected chi connectivity index (χ1v) is 10.9. The Bertz CT molecular complexity index is 1010. The summed E-state index contributed by atoms with van der Waals surface area (Å²) in [4.78, 5) is 12.3. The number of anilines is 1. The summed E-state index contributed by atoms with van der Waals surface area (Å²) in [7, 11) is 1.69. The molecule has 0 unspecified atom stereocenters. The molecule has 0 aliphatic rings. The van der Waals surface area contributed by atoms with Gasteiger partial charge in [0, 0.05) is 22.3 Å². The lowest BCUT2D eigenvalue weighted by Crippen LogP contribution is -2.21. The number of ether oxygens (including phenoxy) is 2. The molecular formula is C25H27BrN2O3. The van der Waals surface area contributed by atoms with Crippen molar-refractivity contribution in [2.24, 2.45) is 0 Å². The van der Waals surface area contributed by atoms with Crippen LogP contribution in [0.4, 0.5) is 5.69 Å². The van der Waals surface area contributed by atoms with Gasteiger partial charge >= 0.3 is 0 Å². The van der Waals surface area contributed by atoms with E-state index in [9.17, 15) is 4.79 Å². The van der Waals surface area contributed by atoms with Crippen LogP contribution in [-0.4, -0.2) is 26.2 Å². The van der Waals surface area contributed by atoms with Crippen molar-refractivity contribution in [3.63, 3.8) is 0 Å². The van der Waals surface area contributed by atoms with E-state index in [-0.39, 0.29) is 12.5 Å². The van der Waals surface area contributed by atoms with Crippen LogP contribution in [0.15, 0.2) is 71.2 Å². The highest BCUT2D eigenvalue weighted by Gasteiger charge is 2.09. The number of hydrogen-bond donors (Lipinski definition) is 2. The molecule has 0 aliphatic heterocycles. The third-order valence-electron chi connectivity index (χ3n) is 4.80. The van der Waals surface area contributed by atoms with Crippen LogP contribution in [0.1, 0.15) is 16.7 Å². The molecule has 0 saturated carbocycles. The number of rotatable bonds is 10. The van der Waals surface area contributed by atoms with E-state index in [2.05, 4.69) is 32.6 Å². The van der Waals surface area contributed by atoms with Gasteiger partial charge in [-0.05, 0) is 61.9 Å². The molecule has 1 amide bonds. The van der Waals surface area contributed by atoms with Gasteiger partial charge in [-0.3, -0.25) is 4.79 Å². The van der Waals surface area contributed by atoms with Gasteiger partial charge in [-0.15, -0.1) is 0 Å². The quantitative estimate of drug-likeness (QED) is 0.394. The summed E-state index contributed by atoms with van der Waals surface area (Å²) < 4.78 is 12.2. The highest BCUT2D eigenvalue weighted by molar-refractivity contribution is 9.10. The number of amides is 1. The van der Waals surface area contributed by atoms with Crippen molar-refractivity contribution in [1.82, 2.24) is 5.32 Å². The average Bonchev–Trinajstić information content (AvgIpc) is 2.78. The predicted octanol–water partition coefficient (Wildman–Crippen LogP) is 5.12. The Morgan fingerprint density at radius 1 is 0.968 bits per heavy atom. The summed E-state index contributed by atoms with van der Waals surface area (Å²) in [5, 5.41) is 6.30. The third-order valence-corrected chi connectivity index (χ3v) is 5.29. The summed E-state index contributed by atoms with van der Waals surface area (Å²) in [6.07, 6.45) is 0.854. The molecule has 0 radical (unpaired) electrons. The van der Waals surface area contributed by atoms with E-state index in [1.54, 1.807) is 7.11 Å². The second kappa shape index (κ2) is 11.5. The fourth-order valence-electron chi connectivity index (χ4n) is 3.16. The number of hydrogen-bond acceptors (Lipinski definition) is 4. The third kappa shape index (κ3) is 7.12. The molecule has 0 fully saturated rings. The largest absolute Gasteiger partial charge is 0.496 e. The van der Waals surface area contributed by atoms with E-state index >= 15 is 0 Å². The van der Waals surface area contributed by atoms with Crippen LogP contribution >= 0.6 is 15.9 Å². The van der Waals surface area contributed by atoms with E-state index in [0.717, 1.165) is 45.6 Å². The van der Waals surface area contributed by atoms with Crippen LogP contribution in [-0.2, 0) is 17.8 Å². The molecule has 0 aromatic heterocycles. The molecule has 3 aromatic carbocycles. The summed E-state index contributed by atoms with van der Waals surface area (Å²) in [6.45, 7) is 3.38. The van der Waals surface area contributed by atoms with E-state index in [0.29, 0.717) is 12.3 Å². The Morgan fingerprint density at radius 3 is 2.52 bits per heavy atom. The number of carbonyl (C=O) groups is 1. The van der Waals surface area contributed by atoms with Crippen molar-refractivity contribution in [3.8, 4) is 11.5 Å². The number of halogens is 1. The molecule has 31 heavy (non-hydrogen) atoms. The standard InChI is InChI=1S/C25H27BrN2O3/c1-18-7-10-22(11-8-18)28-25(29)17-31-24-12-9-21(26)15-20(24)16-27-14-13-19-5-3-4-6-23(19)30-2/h3-12,15,27H,13-14,16-17H2,1-2H3,(H,28,29).